The van der Waals surface area contributed by atoms with Gasteiger partial charge < -0.3 is 14.4 Å². The van der Waals surface area contributed by atoms with Crippen molar-refractivity contribution >= 4 is 22.8 Å². The number of hydrogen-bond acceptors (Lipinski definition) is 5. The lowest BCUT2D eigenvalue weighted by Crippen LogP contribution is -2.46. The van der Waals surface area contributed by atoms with Gasteiger partial charge in [0.1, 0.15) is 18.1 Å². The first-order valence-electron chi connectivity index (χ1n) is 11.9. The predicted octanol–water partition coefficient (Wildman–Crippen LogP) is 5.43. The van der Waals surface area contributed by atoms with Gasteiger partial charge in [-0.15, -0.1) is 0 Å². The van der Waals surface area contributed by atoms with Crippen LogP contribution in [0.15, 0.2) is 60.8 Å². The van der Waals surface area contributed by atoms with E-state index in [2.05, 4.69) is 11.1 Å². The van der Waals surface area contributed by atoms with E-state index in [1.807, 2.05) is 54.7 Å². The Morgan fingerprint density at radius 2 is 1.94 bits per heavy atom. The number of ether oxygens (including phenoxy) is 2. The Hall–Kier alpha value is -3.41. The second-order valence-corrected chi connectivity index (χ2v) is 9.00. The lowest BCUT2D eigenvalue weighted by atomic mass is 9.79. The van der Waals surface area contributed by atoms with Crippen molar-refractivity contribution in [1.29, 1.82) is 0 Å². The standard InChI is InChI=1S/C28H32N2O4/c1-20(31)26-18-30(28(32)34-19-21-7-4-3-5-8-21)16-14-23(26)10-6-9-22-13-15-29-27-12-11-24(33-2)17-25(22)27/h3-5,7-8,11-13,15,17,23,26H,6,9-10,14,16,18-19H2,1-2H3/t23-,26-/m1/s1. The van der Waals surface area contributed by atoms with Crippen LogP contribution in [0.4, 0.5) is 4.79 Å². The zero-order chi connectivity index (χ0) is 23.9. The molecule has 0 spiro atoms. The van der Waals surface area contributed by atoms with Gasteiger partial charge in [0.15, 0.2) is 0 Å². The number of rotatable bonds is 8. The number of pyridine rings is 1. The Kier molecular flexibility index (Phi) is 7.78. The fourth-order valence-electron chi connectivity index (χ4n) is 4.86. The van der Waals surface area contributed by atoms with Gasteiger partial charge >= 0.3 is 6.09 Å². The van der Waals surface area contributed by atoms with E-state index >= 15 is 0 Å². The molecule has 1 aliphatic heterocycles. The number of benzene rings is 2. The number of nitrogens with zero attached hydrogens (tertiary/aromatic N) is 2. The quantitative estimate of drug-likeness (QED) is 0.448. The van der Waals surface area contributed by atoms with E-state index in [4.69, 9.17) is 9.47 Å². The Morgan fingerprint density at radius 3 is 2.71 bits per heavy atom. The van der Waals surface area contributed by atoms with E-state index in [0.717, 1.165) is 47.9 Å². The fraction of sp³-hybridized carbons (Fsp3) is 0.393. The monoisotopic (exact) mass is 460 g/mol. The van der Waals surface area contributed by atoms with Crippen molar-refractivity contribution in [3.05, 3.63) is 71.9 Å². The van der Waals surface area contributed by atoms with Crippen LogP contribution in [-0.4, -0.2) is 42.0 Å². The maximum absolute atomic E-state index is 12.6. The highest BCUT2D eigenvalue weighted by molar-refractivity contribution is 5.83. The SMILES string of the molecule is COc1ccc2nccc(CCC[C@@H]3CCN(C(=O)OCc4ccccc4)C[C@@H]3C(C)=O)c2c1. The van der Waals surface area contributed by atoms with Crippen LogP contribution in [0.3, 0.4) is 0 Å². The van der Waals surface area contributed by atoms with Crippen LogP contribution in [0.1, 0.15) is 37.3 Å². The number of likely N-dealkylation sites (tertiary alicyclic amines) is 1. The van der Waals surface area contributed by atoms with Crippen molar-refractivity contribution in [3.8, 4) is 5.75 Å². The predicted molar refractivity (Wildman–Crippen MR) is 132 cm³/mol. The van der Waals surface area contributed by atoms with Crippen LogP contribution in [0.5, 0.6) is 5.75 Å². The molecule has 34 heavy (non-hydrogen) atoms. The van der Waals surface area contributed by atoms with Crippen molar-refractivity contribution in [3.63, 3.8) is 0 Å². The molecule has 1 saturated heterocycles. The minimum absolute atomic E-state index is 0.143. The molecule has 0 saturated carbocycles. The van der Waals surface area contributed by atoms with E-state index < -0.39 is 0 Å². The zero-order valence-electron chi connectivity index (χ0n) is 19.9. The number of aromatic nitrogens is 1. The third-order valence-corrected chi connectivity index (χ3v) is 6.80. The number of Topliss-reactive ketones (excluding diaryl/α,β-unsaturated/α-hetero) is 1. The molecule has 6 nitrogen and oxygen atoms in total. The number of hydrogen-bond donors (Lipinski definition) is 0. The normalized spacial score (nSPS) is 18.0. The van der Waals surface area contributed by atoms with E-state index in [0.29, 0.717) is 13.1 Å². The van der Waals surface area contributed by atoms with Crippen molar-refractivity contribution < 1.29 is 19.1 Å². The molecule has 1 fully saturated rings. The summed E-state index contributed by atoms with van der Waals surface area (Å²) in [6.45, 7) is 2.94. The van der Waals surface area contributed by atoms with Gasteiger partial charge in [0.2, 0.25) is 0 Å². The van der Waals surface area contributed by atoms with Gasteiger partial charge in [-0.05, 0) is 73.9 Å². The average Bonchev–Trinajstić information content (AvgIpc) is 2.87. The maximum atomic E-state index is 12.6. The lowest BCUT2D eigenvalue weighted by molar-refractivity contribution is -0.124. The highest BCUT2D eigenvalue weighted by atomic mass is 16.6. The molecule has 1 aromatic heterocycles. The van der Waals surface area contributed by atoms with E-state index in [1.54, 1.807) is 18.9 Å². The lowest BCUT2D eigenvalue weighted by Gasteiger charge is -2.37. The van der Waals surface area contributed by atoms with Crippen molar-refractivity contribution in [1.82, 2.24) is 9.88 Å². The molecule has 0 radical (unpaired) electrons. The molecule has 0 aliphatic carbocycles. The number of carbonyl (C=O) groups is 2. The molecular weight excluding hydrogens is 428 g/mol. The van der Waals surface area contributed by atoms with Gasteiger partial charge in [-0.2, -0.15) is 0 Å². The van der Waals surface area contributed by atoms with E-state index in [9.17, 15) is 9.59 Å². The summed E-state index contributed by atoms with van der Waals surface area (Å²) in [6, 6.07) is 17.6. The molecule has 4 rings (SSSR count). The molecule has 2 heterocycles. The molecule has 0 N–H and O–H groups in total. The van der Waals surface area contributed by atoms with Gasteiger partial charge in [0.25, 0.3) is 0 Å². The summed E-state index contributed by atoms with van der Waals surface area (Å²) >= 11 is 0. The second kappa shape index (κ2) is 11.1. The van der Waals surface area contributed by atoms with Crippen LogP contribution in [0.25, 0.3) is 10.9 Å². The van der Waals surface area contributed by atoms with Crippen LogP contribution < -0.4 is 4.74 Å². The van der Waals surface area contributed by atoms with Crippen LogP contribution in [-0.2, 0) is 22.6 Å². The first-order chi connectivity index (χ1) is 16.5. The van der Waals surface area contributed by atoms with Gasteiger partial charge in [0, 0.05) is 30.6 Å². The minimum Gasteiger partial charge on any atom is -0.497 e. The molecule has 0 unspecified atom stereocenters. The third-order valence-electron chi connectivity index (χ3n) is 6.80. The summed E-state index contributed by atoms with van der Waals surface area (Å²) in [5.74, 6) is 1.10. The zero-order valence-corrected chi connectivity index (χ0v) is 19.9. The summed E-state index contributed by atoms with van der Waals surface area (Å²) in [5.41, 5.74) is 3.16. The number of aryl methyl sites for hydroxylation is 1. The highest BCUT2D eigenvalue weighted by Crippen LogP contribution is 2.30. The molecule has 1 amide bonds. The number of amides is 1. The van der Waals surface area contributed by atoms with E-state index in [-0.39, 0.29) is 30.3 Å². The van der Waals surface area contributed by atoms with Crippen molar-refractivity contribution in [2.24, 2.45) is 11.8 Å². The number of fused-ring (bicyclic) bond motifs is 1. The smallest absolute Gasteiger partial charge is 0.410 e. The molecule has 3 aromatic rings. The summed E-state index contributed by atoms with van der Waals surface area (Å²) in [6.07, 6.45) is 5.16. The highest BCUT2D eigenvalue weighted by Gasteiger charge is 2.34. The van der Waals surface area contributed by atoms with Crippen molar-refractivity contribution in [2.45, 2.75) is 39.2 Å². The molecule has 2 atom stereocenters. The van der Waals surface area contributed by atoms with Crippen LogP contribution >= 0.6 is 0 Å². The molecule has 2 aromatic carbocycles. The van der Waals surface area contributed by atoms with Crippen molar-refractivity contribution in [2.75, 3.05) is 20.2 Å². The Balaban J connectivity index is 1.33. The van der Waals surface area contributed by atoms with E-state index in [1.165, 1.54) is 5.56 Å². The largest absolute Gasteiger partial charge is 0.497 e. The fourth-order valence-corrected chi connectivity index (χ4v) is 4.86. The number of piperidine rings is 1. The Morgan fingerprint density at radius 1 is 1.12 bits per heavy atom. The van der Waals surface area contributed by atoms with Gasteiger partial charge in [-0.3, -0.25) is 9.78 Å². The molecule has 0 bridgehead atoms. The third kappa shape index (κ3) is 5.74. The maximum Gasteiger partial charge on any atom is 0.410 e. The van der Waals surface area contributed by atoms with Gasteiger partial charge in [-0.25, -0.2) is 4.79 Å². The molecule has 1 aliphatic rings. The topological polar surface area (TPSA) is 68.7 Å². The average molecular weight is 461 g/mol. The number of methoxy groups -OCH3 is 1. The second-order valence-electron chi connectivity index (χ2n) is 9.00. The first kappa shape index (κ1) is 23.7. The number of ketones is 1. The summed E-state index contributed by atoms with van der Waals surface area (Å²) in [5, 5.41) is 1.11. The Labute approximate surface area is 200 Å². The molecule has 178 valence electrons. The van der Waals surface area contributed by atoms with Gasteiger partial charge in [-0.1, -0.05) is 30.3 Å². The summed E-state index contributed by atoms with van der Waals surface area (Å²) < 4.78 is 10.9. The first-order valence-corrected chi connectivity index (χ1v) is 11.9. The molecule has 6 heteroatoms. The Bertz CT molecular complexity index is 1130. The summed E-state index contributed by atoms with van der Waals surface area (Å²) in [7, 11) is 1.67. The number of carbonyl (C=O) groups excluding carboxylic acids is 2. The molecular formula is C28H32N2O4. The van der Waals surface area contributed by atoms with Gasteiger partial charge in [0.05, 0.1) is 12.6 Å². The summed E-state index contributed by atoms with van der Waals surface area (Å²) in [4.78, 5) is 31.2. The minimum atomic E-state index is -0.342. The van der Waals surface area contributed by atoms with Crippen LogP contribution in [0.2, 0.25) is 0 Å². The van der Waals surface area contributed by atoms with Crippen LogP contribution in [0, 0.1) is 11.8 Å².